The van der Waals surface area contributed by atoms with Crippen molar-refractivity contribution in [3.63, 3.8) is 0 Å². The van der Waals surface area contributed by atoms with Crippen LogP contribution in [0.15, 0.2) is 47.5 Å². The summed E-state index contributed by atoms with van der Waals surface area (Å²) in [5.74, 6) is -11.3. The molecule has 0 unspecified atom stereocenters. The van der Waals surface area contributed by atoms with Crippen LogP contribution in [0, 0.1) is 11.8 Å². The van der Waals surface area contributed by atoms with E-state index in [2.05, 4.69) is 42.2 Å². The Kier molecular flexibility index (Phi) is 20.8. The molecule has 3 aromatic rings. The van der Waals surface area contributed by atoms with Crippen molar-refractivity contribution in [1.29, 1.82) is 0 Å². The molecule has 5 heterocycles. The van der Waals surface area contributed by atoms with Gasteiger partial charge in [-0.2, -0.15) is 0 Å². The maximum absolute atomic E-state index is 14.7. The second-order valence-electron chi connectivity index (χ2n) is 20.5. The van der Waals surface area contributed by atoms with Gasteiger partial charge < -0.3 is 72.9 Å². The number of thioether (sulfide) groups is 1. The zero-order chi connectivity index (χ0) is 58.7. The van der Waals surface area contributed by atoms with Crippen LogP contribution in [0.25, 0.3) is 10.9 Å². The van der Waals surface area contributed by atoms with Crippen molar-refractivity contribution in [3.05, 3.63) is 59.2 Å². The first-order valence-corrected chi connectivity index (χ1v) is 27.8. The SMILES string of the molecule is CC[C@H](C)[C@@H]1NC(=O)CNC(=O)[C@H]2Cc3c([nH]c4cc(OCCCCCCON5C(=O)c6ccccc6C5=O)ccc34)SC[C@H](NC(=O)CNC1=O)C(=O)N[C@@H](CC(N)=O)C(=O)N1C[C@H](O)C[C@H]1C(=O)N[C@@H]([C@@H](C)[C@@H](O)CO)C(=O)N2. The number of benzene rings is 2. The molecule has 2 bridgehead atoms. The summed E-state index contributed by atoms with van der Waals surface area (Å²) < 4.78 is 6.13. The zero-order valence-electron chi connectivity index (χ0n) is 45.0. The highest BCUT2D eigenvalue weighted by atomic mass is 32.2. The summed E-state index contributed by atoms with van der Waals surface area (Å²) in [6.07, 6.45) is -1.56. The average Bonchev–Trinajstić information content (AvgIpc) is 4.20. The van der Waals surface area contributed by atoms with Gasteiger partial charge in [0.25, 0.3) is 11.8 Å². The highest BCUT2D eigenvalue weighted by molar-refractivity contribution is 7.99. The molecule has 2 aromatic carbocycles. The number of aromatic amines is 1. The first-order chi connectivity index (χ1) is 38.7. The number of ether oxygens (including phenoxy) is 1. The monoisotopic (exact) mass is 1150 g/mol. The third-order valence-corrected chi connectivity index (χ3v) is 15.8. The molecule has 27 nitrogen and oxygen atoms in total. The summed E-state index contributed by atoms with van der Waals surface area (Å²) in [5, 5.41) is 51.1. The second-order valence-corrected chi connectivity index (χ2v) is 21.5. The molecular weight excluding hydrogens is 1080 g/mol. The van der Waals surface area contributed by atoms with Gasteiger partial charge in [-0.05, 0) is 55.0 Å². The topological polar surface area (TPSA) is 399 Å². The maximum atomic E-state index is 14.7. The number of carbonyl (C=O) groups is 11. The van der Waals surface area contributed by atoms with Gasteiger partial charge in [-0.3, -0.25) is 57.6 Å². The minimum atomic E-state index is -1.77. The molecule has 4 aliphatic rings. The standard InChI is InChI=1S/C53H69N11O16S/c1-4-26(2)43-48(74)56-21-41(69)57-37-25-81-50-33(30-14-13-29(18-34(30)60-50)79-15-9-5-6-10-16-80-64-51(76)31-11-7-8-12-32(31)52(64)77)19-35(45(71)55-22-42(70)61-43)58-49(75)44(27(3)39(67)24-65)62-47(73)38-17-28(66)23-63(38)53(78)36(20-40(54)68)59-46(37)72/h7-8,11-14,18,26-28,35-39,43-44,60,65-67H,4-6,9-10,15-17,19-25H2,1-3H3,(H2,54,68)(H,55,71)(H,56,74)(H,57,69)(H,58,75)(H,59,72)(H,61,70)(H,62,73)/t26-,27-,28+,35+,36-,37-,38-,39-,43-,44-/m0/s1. The summed E-state index contributed by atoms with van der Waals surface area (Å²) in [6.45, 7) is 2.43. The minimum absolute atomic E-state index is 0.137. The molecule has 438 valence electrons. The Bertz CT molecular complexity index is 2870. The number of nitrogens with zero attached hydrogens (tertiary/aromatic N) is 2. The molecule has 1 fully saturated rings. The molecule has 0 radical (unpaired) electrons. The summed E-state index contributed by atoms with van der Waals surface area (Å²) in [4.78, 5) is 161. The molecule has 0 saturated carbocycles. The van der Waals surface area contributed by atoms with Crippen LogP contribution in [0.4, 0.5) is 0 Å². The number of nitrogens with one attached hydrogen (secondary N) is 8. The van der Waals surface area contributed by atoms with Gasteiger partial charge in [-0.1, -0.05) is 45.7 Å². The van der Waals surface area contributed by atoms with Gasteiger partial charge in [-0.25, -0.2) is 0 Å². The molecule has 4 aliphatic heterocycles. The molecule has 10 atom stereocenters. The van der Waals surface area contributed by atoms with Gasteiger partial charge in [0, 0.05) is 42.5 Å². The van der Waals surface area contributed by atoms with E-state index in [1.54, 1.807) is 56.3 Å². The predicted octanol–water partition coefficient (Wildman–Crippen LogP) is -2.47. The molecule has 0 aliphatic carbocycles. The fourth-order valence-corrected chi connectivity index (χ4v) is 10.9. The van der Waals surface area contributed by atoms with Crippen LogP contribution in [0.5, 0.6) is 5.75 Å². The first-order valence-electron chi connectivity index (χ1n) is 26.8. The molecule has 11 amide bonds. The number of hydroxylamine groups is 2. The fraction of sp³-hybridized carbons (Fsp3) is 0.528. The lowest BCUT2D eigenvalue weighted by Crippen LogP contribution is -2.62. The summed E-state index contributed by atoms with van der Waals surface area (Å²) in [7, 11) is 0. The van der Waals surface area contributed by atoms with E-state index in [0.29, 0.717) is 59.3 Å². The zero-order valence-corrected chi connectivity index (χ0v) is 45.8. The highest BCUT2D eigenvalue weighted by Crippen LogP contribution is 2.34. The van der Waals surface area contributed by atoms with E-state index in [1.807, 2.05) is 0 Å². The lowest BCUT2D eigenvalue weighted by molar-refractivity contribution is -0.144. The van der Waals surface area contributed by atoms with Crippen LogP contribution in [0.2, 0.25) is 0 Å². The van der Waals surface area contributed by atoms with Crippen LogP contribution in [-0.4, -0.2) is 189 Å². The Labute approximate surface area is 469 Å². The van der Waals surface area contributed by atoms with Crippen molar-refractivity contribution in [2.45, 2.75) is 126 Å². The number of aliphatic hydroxyl groups excluding tert-OH is 3. The number of carbonyl (C=O) groups excluding carboxylic acids is 11. The third kappa shape index (κ3) is 15.0. The molecule has 81 heavy (non-hydrogen) atoms. The number of amides is 11. The van der Waals surface area contributed by atoms with E-state index in [9.17, 15) is 68.1 Å². The average molecular weight is 1150 g/mol. The number of unbranched alkanes of at least 4 members (excludes halogenated alkanes) is 3. The highest BCUT2D eigenvalue weighted by Gasteiger charge is 2.45. The van der Waals surface area contributed by atoms with Gasteiger partial charge in [0.2, 0.25) is 53.2 Å². The molecule has 7 rings (SSSR count). The van der Waals surface area contributed by atoms with E-state index in [4.69, 9.17) is 15.3 Å². The van der Waals surface area contributed by atoms with Crippen molar-refractivity contribution in [2.75, 3.05) is 45.2 Å². The smallest absolute Gasteiger partial charge is 0.285 e. The number of aromatic nitrogens is 1. The molecule has 13 N–H and O–H groups in total. The van der Waals surface area contributed by atoms with Gasteiger partial charge in [-0.15, -0.1) is 16.8 Å². The van der Waals surface area contributed by atoms with Crippen molar-refractivity contribution < 1.29 is 77.6 Å². The van der Waals surface area contributed by atoms with Gasteiger partial charge in [0.1, 0.15) is 42.0 Å². The number of hydrogen-bond donors (Lipinski definition) is 12. The van der Waals surface area contributed by atoms with Crippen molar-refractivity contribution >= 4 is 87.6 Å². The lowest BCUT2D eigenvalue weighted by Gasteiger charge is -2.32. The van der Waals surface area contributed by atoms with Crippen LogP contribution in [0.3, 0.4) is 0 Å². The third-order valence-electron chi connectivity index (χ3n) is 14.7. The Morgan fingerprint density at radius 2 is 1.44 bits per heavy atom. The number of fused-ring (bicyclic) bond motifs is 6. The van der Waals surface area contributed by atoms with Gasteiger partial charge >= 0.3 is 0 Å². The van der Waals surface area contributed by atoms with Gasteiger partial charge in [0.05, 0.1) is 73.2 Å². The predicted molar refractivity (Wildman–Crippen MR) is 287 cm³/mol. The number of primary amides is 1. The first kappa shape index (κ1) is 61.0. The van der Waals surface area contributed by atoms with Crippen molar-refractivity contribution in [2.24, 2.45) is 17.6 Å². The Morgan fingerprint density at radius 1 is 0.778 bits per heavy atom. The number of aliphatic hydroxyl groups is 3. The normalized spacial score (nSPS) is 24.8. The Hall–Kier alpha value is -7.66. The molecule has 28 heteroatoms. The van der Waals surface area contributed by atoms with E-state index < -0.39 is 158 Å². The summed E-state index contributed by atoms with van der Waals surface area (Å²) in [6, 6.07) is 2.08. The van der Waals surface area contributed by atoms with Gasteiger partial charge in [0.15, 0.2) is 0 Å². The molecule has 1 aromatic heterocycles. The van der Waals surface area contributed by atoms with Crippen molar-refractivity contribution in [3.8, 4) is 5.75 Å². The lowest BCUT2D eigenvalue weighted by atomic mass is 9.93. The molecule has 0 spiro atoms. The molecular formula is C53H69N11O16S. The van der Waals surface area contributed by atoms with Crippen LogP contribution < -0.4 is 47.7 Å². The summed E-state index contributed by atoms with van der Waals surface area (Å²) >= 11 is 0.975. The second kappa shape index (κ2) is 27.7. The van der Waals surface area contributed by atoms with E-state index in [0.717, 1.165) is 21.7 Å². The van der Waals surface area contributed by atoms with Crippen LogP contribution in [0.1, 0.15) is 92.0 Å². The Morgan fingerprint density at radius 3 is 2.11 bits per heavy atom. The van der Waals surface area contributed by atoms with Crippen LogP contribution >= 0.6 is 11.8 Å². The minimum Gasteiger partial charge on any atom is -0.494 e. The van der Waals surface area contributed by atoms with Crippen LogP contribution in [-0.2, 0) is 54.4 Å². The number of rotatable bonds is 16. The Balaban J connectivity index is 1.21. The molecule has 1 saturated heterocycles. The number of hydrogen-bond acceptors (Lipinski definition) is 17. The van der Waals surface area contributed by atoms with E-state index in [-0.39, 0.29) is 42.9 Å². The number of H-pyrrole nitrogens is 1. The number of imide groups is 1. The number of nitrogens with two attached hydrogens (primary N) is 1. The van der Waals surface area contributed by atoms with Crippen molar-refractivity contribution in [1.82, 2.24) is 52.2 Å². The largest absolute Gasteiger partial charge is 0.494 e. The van der Waals surface area contributed by atoms with E-state index in [1.165, 1.54) is 6.92 Å². The fourth-order valence-electron chi connectivity index (χ4n) is 9.83. The summed E-state index contributed by atoms with van der Waals surface area (Å²) in [5.41, 5.74) is 6.96. The quantitative estimate of drug-likeness (QED) is 0.0522. The maximum Gasteiger partial charge on any atom is 0.285 e. The van der Waals surface area contributed by atoms with E-state index >= 15 is 0 Å².